The summed E-state index contributed by atoms with van der Waals surface area (Å²) in [6.07, 6.45) is 13.3. The number of nitrogens with zero attached hydrogens (tertiary/aromatic N) is 1. The van der Waals surface area contributed by atoms with Crippen LogP contribution in [0.4, 0.5) is 0 Å². The van der Waals surface area contributed by atoms with E-state index in [9.17, 15) is 9.90 Å². The number of pyridine rings is 1. The van der Waals surface area contributed by atoms with Crippen molar-refractivity contribution < 1.29 is 14.5 Å². The molecule has 0 saturated carbocycles. The number of hydrogen-bond acceptors (Lipinski definition) is 2. The Kier molecular flexibility index (Phi) is 9.05. The van der Waals surface area contributed by atoms with E-state index in [0.717, 1.165) is 37.8 Å². The fourth-order valence-electron chi connectivity index (χ4n) is 2.68. The molecule has 0 unspecified atom stereocenters. The van der Waals surface area contributed by atoms with Gasteiger partial charge in [0, 0.05) is 35.7 Å². The van der Waals surface area contributed by atoms with Gasteiger partial charge in [-0.1, -0.05) is 48.4 Å². The number of phenolic OH excluding ortho intramolecular Hbond substituents is 1. The molecule has 0 radical (unpaired) electrons. The highest BCUT2D eigenvalue weighted by Gasteiger charge is 2.05. The number of phenols is 1. The standard InChI is InChI=1S/C22H24Cl2N2O2/c1-2-21(27)25-11-5-3-4-6-12-26-13-9-17(10-14-26)7-8-18-15-19(23)16-20(24)22(18)28/h2,7-10,13-16H,1,3-6,11-12H2,(H,25,27)/p+1. The van der Waals surface area contributed by atoms with E-state index < -0.39 is 0 Å². The minimum absolute atomic E-state index is 0.0253. The van der Waals surface area contributed by atoms with E-state index in [1.54, 1.807) is 12.1 Å². The predicted molar refractivity (Wildman–Crippen MR) is 115 cm³/mol. The molecule has 1 amide bonds. The zero-order valence-corrected chi connectivity index (χ0v) is 17.2. The van der Waals surface area contributed by atoms with E-state index in [1.807, 2.05) is 30.6 Å². The van der Waals surface area contributed by atoms with Crippen molar-refractivity contribution in [3.8, 4) is 5.75 Å². The minimum atomic E-state index is -0.113. The topological polar surface area (TPSA) is 53.2 Å². The Hall–Kier alpha value is -2.30. The SMILES string of the molecule is C=CC(=O)NCCCCCC[n+]1ccc(/C=C/c2cc(Cl)cc(Cl)c2O)cc1. The summed E-state index contributed by atoms with van der Waals surface area (Å²) in [6.45, 7) is 5.08. The maximum Gasteiger partial charge on any atom is 0.243 e. The molecule has 28 heavy (non-hydrogen) atoms. The molecule has 0 bridgehead atoms. The molecular formula is C22H25Cl2N2O2+. The first-order valence-corrected chi connectivity index (χ1v) is 10.0. The monoisotopic (exact) mass is 419 g/mol. The Morgan fingerprint density at radius 1 is 1.11 bits per heavy atom. The number of aromatic hydroxyl groups is 1. The summed E-state index contributed by atoms with van der Waals surface area (Å²) in [5, 5.41) is 13.5. The van der Waals surface area contributed by atoms with E-state index >= 15 is 0 Å². The summed E-state index contributed by atoms with van der Waals surface area (Å²) in [5.74, 6) is -0.0873. The van der Waals surface area contributed by atoms with Gasteiger partial charge in [0.15, 0.2) is 12.4 Å². The second kappa shape index (κ2) is 11.5. The molecule has 0 aliphatic carbocycles. The highest BCUT2D eigenvalue weighted by molar-refractivity contribution is 6.35. The van der Waals surface area contributed by atoms with Crippen molar-refractivity contribution in [3.63, 3.8) is 0 Å². The van der Waals surface area contributed by atoms with Crippen molar-refractivity contribution >= 4 is 41.3 Å². The van der Waals surface area contributed by atoms with Crippen LogP contribution in [0.15, 0.2) is 49.3 Å². The summed E-state index contributed by atoms with van der Waals surface area (Å²) < 4.78 is 2.14. The Morgan fingerprint density at radius 3 is 2.54 bits per heavy atom. The van der Waals surface area contributed by atoms with Crippen LogP contribution < -0.4 is 9.88 Å². The summed E-state index contributed by atoms with van der Waals surface area (Å²) in [4.78, 5) is 11.0. The van der Waals surface area contributed by atoms with Crippen LogP contribution in [-0.4, -0.2) is 17.6 Å². The lowest BCUT2D eigenvalue weighted by molar-refractivity contribution is -0.697. The molecule has 1 aromatic heterocycles. The number of aromatic nitrogens is 1. The number of nitrogens with one attached hydrogen (secondary N) is 1. The number of benzene rings is 1. The van der Waals surface area contributed by atoms with Gasteiger partial charge in [0.25, 0.3) is 0 Å². The van der Waals surface area contributed by atoms with Crippen LogP contribution in [0.2, 0.25) is 10.0 Å². The molecule has 2 aromatic rings. The van der Waals surface area contributed by atoms with Crippen LogP contribution in [0, 0.1) is 0 Å². The van der Waals surface area contributed by atoms with Crippen LogP contribution in [0.1, 0.15) is 36.8 Å². The van der Waals surface area contributed by atoms with Gasteiger partial charge >= 0.3 is 0 Å². The summed E-state index contributed by atoms with van der Waals surface area (Å²) >= 11 is 11.9. The van der Waals surface area contributed by atoms with Crippen molar-refractivity contribution in [2.45, 2.75) is 32.2 Å². The normalized spacial score (nSPS) is 10.9. The lowest BCUT2D eigenvalue weighted by Gasteiger charge is -2.03. The van der Waals surface area contributed by atoms with E-state index in [1.165, 1.54) is 12.1 Å². The van der Waals surface area contributed by atoms with E-state index in [-0.39, 0.29) is 16.7 Å². The van der Waals surface area contributed by atoms with Gasteiger partial charge in [-0.15, -0.1) is 0 Å². The zero-order valence-electron chi connectivity index (χ0n) is 15.7. The van der Waals surface area contributed by atoms with E-state index in [0.29, 0.717) is 17.1 Å². The van der Waals surface area contributed by atoms with Gasteiger partial charge in [-0.05, 0) is 36.6 Å². The van der Waals surface area contributed by atoms with Gasteiger partial charge in [-0.25, -0.2) is 4.57 Å². The first kappa shape index (κ1) is 22.0. The second-order valence-electron chi connectivity index (χ2n) is 6.44. The second-order valence-corrected chi connectivity index (χ2v) is 7.28. The van der Waals surface area contributed by atoms with Crippen molar-refractivity contribution in [1.29, 1.82) is 0 Å². The van der Waals surface area contributed by atoms with Gasteiger partial charge in [-0.2, -0.15) is 0 Å². The molecule has 6 heteroatoms. The van der Waals surface area contributed by atoms with Gasteiger partial charge in [0.2, 0.25) is 5.91 Å². The first-order valence-electron chi connectivity index (χ1n) is 9.25. The van der Waals surface area contributed by atoms with Crippen LogP contribution in [0.5, 0.6) is 5.75 Å². The van der Waals surface area contributed by atoms with Crippen LogP contribution in [-0.2, 0) is 11.3 Å². The molecule has 2 rings (SSSR count). The predicted octanol–water partition coefficient (Wildman–Crippen LogP) is 5.02. The van der Waals surface area contributed by atoms with Crippen LogP contribution in [0.25, 0.3) is 12.2 Å². The Balaban J connectivity index is 1.76. The number of aryl methyl sites for hydroxylation is 1. The van der Waals surface area contributed by atoms with Crippen LogP contribution >= 0.6 is 23.2 Å². The lowest BCUT2D eigenvalue weighted by atomic mass is 10.1. The number of rotatable bonds is 10. The van der Waals surface area contributed by atoms with Crippen molar-refractivity contribution in [2.24, 2.45) is 0 Å². The molecule has 0 saturated heterocycles. The third kappa shape index (κ3) is 7.37. The maximum absolute atomic E-state index is 11.0. The summed E-state index contributed by atoms with van der Waals surface area (Å²) in [5.41, 5.74) is 1.60. The van der Waals surface area contributed by atoms with Gasteiger partial charge < -0.3 is 10.4 Å². The Bertz CT molecular complexity index is 833. The number of amides is 1. The largest absolute Gasteiger partial charge is 0.506 e. The van der Waals surface area contributed by atoms with Crippen molar-refractivity contribution in [1.82, 2.24) is 5.32 Å². The minimum Gasteiger partial charge on any atom is -0.506 e. The zero-order chi connectivity index (χ0) is 20.4. The number of carbonyl (C=O) groups is 1. The van der Waals surface area contributed by atoms with Gasteiger partial charge in [-0.3, -0.25) is 4.79 Å². The molecule has 1 heterocycles. The number of carbonyl (C=O) groups excluding carboxylic acids is 1. The molecule has 0 fully saturated rings. The molecule has 0 spiro atoms. The highest BCUT2D eigenvalue weighted by Crippen LogP contribution is 2.32. The van der Waals surface area contributed by atoms with Crippen molar-refractivity contribution in [2.75, 3.05) is 6.54 Å². The highest BCUT2D eigenvalue weighted by atomic mass is 35.5. The van der Waals surface area contributed by atoms with Crippen LogP contribution in [0.3, 0.4) is 0 Å². The fraction of sp³-hybridized carbons (Fsp3) is 0.273. The molecule has 1 aromatic carbocycles. The number of unbranched alkanes of at least 4 members (excludes halogenated alkanes) is 3. The number of hydrogen-bond donors (Lipinski definition) is 2. The quantitative estimate of drug-likeness (QED) is 0.322. The Morgan fingerprint density at radius 2 is 1.82 bits per heavy atom. The molecule has 2 N–H and O–H groups in total. The summed E-state index contributed by atoms with van der Waals surface area (Å²) in [7, 11) is 0. The molecular weight excluding hydrogens is 395 g/mol. The molecule has 4 nitrogen and oxygen atoms in total. The van der Waals surface area contributed by atoms with E-state index in [2.05, 4.69) is 16.5 Å². The molecule has 0 atom stereocenters. The first-order chi connectivity index (χ1) is 13.5. The lowest BCUT2D eigenvalue weighted by Crippen LogP contribution is -2.32. The molecule has 0 aliphatic rings. The average molecular weight is 420 g/mol. The maximum atomic E-state index is 11.0. The smallest absolute Gasteiger partial charge is 0.243 e. The van der Waals surface area contributed by atoms with Crippen molar-refractivity contribution in [3.05, 3.63) is 70.5 Å². The summed E-state index contributed by atoms with van der Waals surface area (Å²) in [6, 6.07) is 7.22. The van der Waals surface area contributed by atoms with Gasteiger partial charge in [0.05, 0.1) is 5.02 Å². The third-order valence-electron chi connectivity index (χ3n) is 4.26. The third-order valence-corrected chi connectivity index (χ3v) is 4.76. The fourth-order valence-corrected chi connectivity index (χ4v) is 3.19. The van der Waals surface area contributed by atoms with E-state index in [4.69, 9.17) is 23.2 Å². The van der Waals surface area contributed by atoms with Gasteiger partial charge in [0.1, 0.15) is 12.3 Å². The average Bonchev–Trinajstić information content (AvgIpc) is 2.69. The number of halogens is 2. The molecule has 148 valence electrons. The molecule has 0 aliphatic heterocycles. The Labute approximate surface area is 176 Å².